The summed E-state index contributed by atoms with van der Waals surface area (Å²) in [5.74, 6) is 0.0692. The molecule has 0 aliphatic carbocycles. The summed E-state index contributed by atoms with van der Waals surface area (Å²) in [6, 6.07) is 8.40. The second-order valence-electron chi connectivity index (χ2n) is 4.63. The maximum absolute atomic E-state index is 11.4. The van der Waals surface area contributed by atoms with E-state index in [2.05, 4.69) is 60.7 Å². The zero-order valence-corrected chi connectivity index (χ0v) is 14.7. The summed E-state index contributed by atoms with van der Waals surface area (Å²) >= 11 is 8.76. The Kier molecular flexibility index (Phi) is 3.99. The van der Waals surface area contributed by atoms with Gasteiger partial charge < -0.3 is 10.6 Å². The zero-order valence-electron chi connectivity index (χ0n) is 10.7. The Morgan fingerprint density at radius 3 is 2.80 bits per heavy atom. The molecule has 0 spiro atoms. The van der Waals surface area contributed by atoms with Gasteiger partial charge in [-0.15, -0.1) is 11.3 Å². The van der Waals surface area contributed by atoms with Crippen LogP contribution in [0.2, 0.25) is 0 Å². The number of nitrogens with one attached hydrogen (secondary N) is 2. The van der Waals surface area contributed by atoms with Gasteiger partial charge in [-0.05, 0) is 62.2 Å². The van der Waals surface area contributed by atoms with Gasteiger partial charge in [-0.3, -0.25) is 4.79 Å². The van der Waals surface area contributed by atoms with Gasteiger partial charge in [0.25, 0.3) is 0 Å². The highest BCUT2D eigenvalue weighted by Crippen LogP contribution is 2.38. The predicted octanol–water partition coefficient (Wildman–Crippen LogP) is 4.08. The quantitative estimate of drug-likeness (QED) is 0.792. The van der Waals surface area contributed by atoms with Crippen molar-refractivity contribution in [3.63, 3.8) is 0 Å². The van der Waals surface area contributed by atoms with E-state index in [4.69, 9.17) is 0 Å². The van der Waals surface area contributed by atoms with Crippen LogP contribution in [0.1, 0.15) is 22.0 Å². The van der Waals surface area contributed by atoms with Crippen LogP contribution in [-0.2, 0) is 11.2 Å². The van der Waals surface area contributed by atoms with Gasteiger partial charge >= 0.3 is 0 Å². The predicted molar refractivity (Wildman–Crippen MR) is 89.4 cm³/mol. The second-order valence-corrected chi connectivity index (χ2v) is 7.89. The van der Waals surface area contributed by atoms with Crippen LogP contribution < -0.4 is 10.6 Å². The molecule has 20 heavy (non-hydrogen) atoms. The molecule has 2 N–H and O–H groups in total. The number of carbonyl (C=O) groups is 1. The summed E-state index contributed by atoms with van der Waals surface area (Å²) in [6.07, 6.45) is 0.470. The minimum atomic E-state index is 0.0692. The molecule has 0 bridgehead atoms. The third-order valence-corrected chi connectivity index (χ3v) is 6.65. The lowest BCUT2D eigenvalue weighted by atomic mass is 10.0. The molecule has 0 saturated heterocycles. The van der Waals surface area contributed by atoms with Crippen LogP contribution in [0.25, 0.3) is 0 Å². The zero-order chi connectivity index (χ0) is 14.3. The number of rotatable bonds is 3. The van der Waals surface area contributed by atoms with E-state index in [-0.39, 0.29) is 11.9 Å². The minimum Gasteiger partial charge on any atom is -0.326 e. The van der Waals surface area contributed by atoms with Crippen molar-refractivity contribution in [1.29, 1.82) is 0 Å². The van der Waals surface area contributed by atoms with Crippen molar-refractivity contribution >= 4 is 54.8 Å². The van der Waals surface area contributed by atoms with Crippen LogP contribution in [0, 0.1) is 0 Å². The summed E-state index contributed by atoms with van der Waals surface area (Å²) in [6.45, 7) is 0. The molecule has 1 aliphatic heterocycles. The van der Waals surface area contributed by atoms with Crippen LogP contribution in [-0.4, -0.2) is 13.0 Å². The van der Waals surface area contributed by atoms with Gasteiger partial charge in [0.05, 0.1) is 16.2 Å². The fourth-order valence-corrected chi connectivity index (χ4v) is 4.64. The van der Waals surface area contributed by atoms with Crippen molar-refractivity contribution in [3.8, 4) is 0 Å². The molecule has 1 amide bonds. The van der Waals surface area contributed by atoms with E-state index in [0.717, 1.165) is 19.5 Å². The summed E-state index contributed by atoms with van der Waals surface area (Å²) in [5, 5.41) is 6.20. The Bertz CT molecular complexity index is 664. The van der Waals surface area contributed by atoms with Gasteiger partial charge in [-0.1, -0.05) is 12.1 Å². The summed E-state index contributed by atoms with van der Waals surface area (Å²) < 4.78 is 2.15. The third kappa shape index (κ3) is 2.57. The second kappa shape index (κ2) is 5.60. The number of amides is 1. The molecule has 2 aromatic rings. The average Bonchev–Trinajstić information content (AvgIpc) is 2.93. The third-order valence-electron chi connectivity index (χ3n) is 3.33. The lowest BCUT2D eigenvalue weighted by Gasteiger charge is -2.16. The van der Waals surface area contributed by atoms with Crippen LogP contribution in [0.4, 0.5) is 5.69 Å². The highest BCUT2D eigenvalue weighted by molar-refractivity contribution is 9.13. The van der Waals surface area contributed by atoms with Crippen LogP contribution >= 0.6 is 43.2 Å². The molecule has 1 aromatic carbocycles. The van der Waals surface area contributed by atoms with Gasteiger partial charge in [-0.25, -0.2) is 0 Å². The van der Waals surface area contributed by atoms with E-state index in [1.54, 1.807) is 11.3 Å². The maximum atomic E-state index is 11.4. The highest BCUT2D eigenvalue weighted by Gasteiger charge is 2.21. The molecule has 2 heterocycles. The molecule has 3 nitrogen and oxygen atoms in total. The summed E-state index contributed by atoms with van der Waals surface area (Å²) in [5.41, 5.74) is 3.17. The lowest BCUT2D eigenvalue weighted by Crippen LogP contribution is -2.16. The Labute approximate surface area is 138 Å². The number of fused-ring (bicyclic) bond motifs is 1. The van der Waals surface area contributed by atoms with Crippen molar-refractivity contribution in [2.75, 3.05) is 12.4 Å². The minimum absolute atomic E-state index is 0.0692. The first-order valence-electron chi connectivity index (χ1n) is 6.13. The first-order valence-corrected chi connectivity index (χ1v) is 8.53. The molecule has 0 saturated carbocycles. The Morgan fingerprint density at radius 2 is 2.15 bits per heavy atom. The van der Waals surface area contributed by atoms with Crippen molar-refractivity contribution in [2.45, 2.75) is 12.5 Å². The molecule has 6 heteroatoms. The Balaban J connectivity index is 1.98. The first kappa shape index (κ1) is 14.3. The van der Waals surface area contributed by atoms with Crippen LogP contribution in [0.15, 0.2) is 32.5 Å². The average molecular weight is 416 g/mol. The number of hydrogen-bond donors (Lipinski definition) is 2. The number of halogens is 2. The highest BCUT2D eigenvalue weighted by atomic mass is 79.9. The van der Waals surface area contributed by atoms with Crippen molar-refractivity contribution in [2.24, 2.45) is 0 Å². The number of benzene rings is 1. The van der Waals surface area contributed by atoms with Crippen molar-refractivity contribution in [1.82, 2.24) is 5.32 Å². The fourth-order valence-electron chi connectivity index (χ4n) is 2.41. The maximum Gasteiger partial charge on any atom is 0.228 e. The SMILES string of the molecule is CNC(c1ccc2c(c1)CC(=O)N2)c1cc(Br)c(Br)s1. The van der Waals surface area contributed by atoms with Gasteiger partial charge in [0, 0.05) is 15.0 Å². The van der Waals surface area contributed by atoms with Gasteiger partial charge in [0.15, 0.2) is 0 Å². The number of anilines is 1. The molecule has 104 valence electrons. The largest absolute Gasteiger partial charge is 0.326 e. The number of hydrogen-bond acceptors (Lipinski definition) is 3. The van der Waals surface area contributed by atoms with Crippen LogP contribution in [0.3, 0.4) is 0 Å². The molecule has 0 fully saturated rings. The standard InChI is InChI=1S/C14H12Br2N2OS/c1-17-13(11-6-9(15)14(16)20-11)7-2-3-10-8(4-7)5-12(19)18-10/h2-4,6,13,17H,5H2,1H3,(H,18,19). The van der Waals surface area contributed by atoms with E-state index in [1.165, 1.54) is 10.4 Å². The molecule has 1 aromatic heterocycles. The monoisotopic (exact) mass is 414 g/mol. The number of carbonyl (C=O) groups excluding carboxylic acids is 1. The Hall–Kier alpha value is -0.690. The fraction of sp³-hybridized carbons (Fsp3) is 0.214. The Morgan fingerprint density at radius 1 is 1.35 bits per heavy atom. The molecule has 1 unspecified atom stereocenters. The van der Waals surface area contributed by atoms with Crippen LogP contribution in [0.5, 0.6) is 0 Å². The smallest absolute Gasteiger partial charge is 0.228 e. The summed E-state index contributed by atoms with van der Waals surface area (Å²) in [7, 11) is 1.95. The van der Waals surface area contributed by atoms with Crippen molar-refractivity contribution < 1.29 is 4.79 Å². The van der Waals surface area contributed by atoms with Gasteiger partial charge in [0.2, 0.25) is 5.91 Å². The van der Waals surface area contributed by atoms with E-state index < -0.39 is 0 Å². The van der Waals surface area contributed by atoms with E-state index in [9.17, 15) is 4.79 Å². The van der Waals surface area contributed by atoms with Crippen molar-refractivity contribution in [3.05, 3.63) is 48.5 Å². The molecule has 1 atom stereocenters. The molecule has 0 radical (unpaired) electrons. The normalized spacial score (nSPS) is 15.1. The van der Waals surface area contributed by atoms with Gasteiger partial charge in [0.1, 0.15) is 0 Å². The lowest BCUT2D eigenvalue weighted by molar-refractivity contribution is -0.115. The number of thiophene rings is 1. The summed E-state index contributed by atoms with van der Waals surface area (Å²) in [4.78, 5) is 12.7. The van der Waals surface area contributed by atoms with E-state index in [1.807, 2.05) is 13.1 Å². The first-order chi connectivity index (χ1) is 9.58. The molecule has 1 aliphatic rings. The molecule has 3 rings (SSSR count). The van der Waals surface area contributed by atoms with E-state index >= 15 is 0 Å². The van der Waals surface area contributed by atoms with Gasteiger partial charge in [-0.2, -0.15) is 0 Å². The molecular formula is C14H12Br2N2OS. The molecular weight excluding hydrogens is 404 g/mol. The topological polar surface area (TPSA) is 41.1 Å². The van der Waals surface area contributed by atoms with E-state index in [0.29, 0.717) is 6.42 Å².